The first kappa shape index (κ1) is 14.6. The maximum Gasteiger partial charge on any atom is 0.162 e. The van der Waals surface area contributed by atoms with Gasteiger partial charge < -0.3 is 9.73 Å². The molecule has 3 aromatic heterocycles. The second kappa shape index (κ2) is 5.90. The third kappa shape index (κ3) is 3.07. The van der Waals surface area contributed by atoms with Crippen LogP contribution < -0.4 is 5.32 Å². The summed E-state index contributed by atoms with van der Waals surface area (Å²) in [5.74, 6) is 3.72. The van der Waals surface area contributed by atoms with Gasteiger partial charge in [-0.3, -0.25) is 0 Å². The summed E-state index contributed by atoms with van der Waals surface area (Å²) in [6.07, 6.45) is 2.07. The van der Waals surface area contributed by atoms with Gasteiger partial charge in [-0.2, -0.15) is 5.10 Å². The fraction of sp³-hybridized carbons (Fsp3) is 0.438. The van der Waals surface area contributed by atoms with E-state index in [2.05, 4.69) is 25.8 Å². The highest BCUT2D eigenvalue weighted by Gasteiger charge is 2.20. The van der Waals surface area contributed by atoms with Crippen LogP contribution in [0.25, 0.3) is 10.8 Å². The van der Waals surface area contributed by atoms with E-state index in [0.29, 0.717) is 6.04 Å². The highest BCUT2D eigenvalue weighted by atomic mass is 32.1. The molecule has 1 aliphatic heterocycles. The second-order valence-electron chi connectivity index (χ2n) is 5.93. The maximum absolute atomic E-state index is 5.63. The molecule has 0 aromatic carbocycles. The van der Waals surface area contributed by atoms with Gasteiger partial charge in [0.1, 0.15) is 17.4 Å². The molecule has 1 atom stereocenters. The Kier molecular flexibility index (Phi) is 3.74. The minimum Gasteiger partial charge on any atom is -0.459 e. The molecule has 0 aliphatic carbocycles. The van der Waals surface area contributed by atoms with Crippen molar-refractivity contribution in [3.05, 3.63) is 40.6 Å². The summed E-state index contributed by atoms with van der Waals surface area (Å²) >= 11 is 1.62. The van der Waals surface area contributed by atoms with Gasteiger partial charge in [-0.15, -0.1) is 11.3 Å². The van der Waals surface area contributed by atoms with Crippen LogP contribution in [0.2, 0.25) is 0 Å². The number of aromatic nitrogens is 4. The lowest BCUT2D eigenvalue weighted by Gasteiger charge is -2.23. The van der Waals surface area contributed by atoms with Gasteiger partial charge in [-0.05, 0) is 32.4 Å². The predicted molar refractivity (Wildman–Crippen MR) is 88.3 cm³/mol. The molecule has 3 aromatic rings. The van der Waals surface area contributed by atoms with Crippen molar-refractivity contribution in [1.82, 2.24) is 25.1 Å². The Bertz CT molecular complexity index is 818. The molecule has 0 radical (unpaired) electrons. The lowest BCUT2D eigenvalue weighted by molar-refractivity contribution is 0.356. The third-order valence-electron chi connectivity index (χ3n) is 4.04. The zero-order chi connectivity index (χ0) is 15.8. The number of hydrogen-bond donors (Lipinski definition) is 1. The van der Waals surface area contributed by atoms with Crippen molar-refractivity contribution >= 4 is 11.3 Å². The van der Waals surface area contributed by atoms with Gasteiger partial charge in [0.25, 0.3) is 0 Å². The normalized spacial score (nSPS) is 17.4. The van der Waals surface area contributed by atoms with Crippen LogP contribution in [-0.2, 0) is 19.5 Å². The first-order valence-corrected chi connectivity index (χ1v) is 8.70. The number of rotatable bonds is 4. The number of nitrogens with zero attached hydrogens (tertiary/aromatic N) is 4. The van der Waals surface area contributed by atoms with Gasteiger partial charge in [-0.25, -0.2) is 14.6 Å². The molecular formula is C16H19N5OS. The van der Waals surface area contributed by atoms with E-state index in [4.69, 9.17) is 4.42 Å². The molecular weight excluding hydrogens is 310 g/mol. The molecule has 4 heterocycles. The minimum atomic E-state index is 0.416. The summed E-state index contributed by atoms with van der Waals surface area (Å²) in [5.41, 5.74) is 1.06. The van der Waals surface area contributed by atoms with Crippen LogP contribution >= 0.6 is 11.3 Å². The molecule has 1 aliphatic rings. The number of furan rings is 1. The molecule has 0 fully saturated rings. The summed E-state index contributed by atoms with van der Waals surface area (Å²) in [4.78, 5) is 9.10. The van der Waals surface area contributed by atoms with E-state index < -0.39 is 0 Å². The molecule has 0 spiro atoms. The first-order valence-electron chi connectivity index (χ1n) is 7.82. The van der Waals surface area contributed by atoms with E-state index in [9.17, 15) is 0 Å². The molecule has 1 N–H and O–H groups in total. The van der Waals surface area contributed by atoms with Gasteiger partial charge in [0.05, 0.1) is 12.2 Å². The van der Waals surface area contributed by atoms with E-state index in [1.54, 1.807) is 11.3 Å². The number of thiazole rings is 1. The van der Waals surface area contributed by atoms with E-state index >= 15 is 0 Å². The van der Waals surface area contributed by atoms with Crippen LogP contribution in [0, 0.1) is 13.8 Å². The van der Waals surface area contributed by atoms with Crippen molar-refractivity contribution in [1.29, 1.82) is 0 Å². The fourth-order valence-electron chi connectivity index (χ4n) is 2.90. The summed E-state index contributed by atoms with van der Waals surface area (Å²) in [6, 6.07) is 4.36. The topological polar surface area (TPSA) is 68.8 Å². The summed E-state index contributed by atoms with van der Waals surface area (Å²) in [7, 11) is 0. The minimum absolute atomic E-state index is 0.416. The highest BCUT2D eigenvalue weighted by Crippen LogP contribution is 2.25. The number of aryl methyl sites for hydroxylation is 3. The molecule has 0 saturated carbocycles. The SMILES string of the molecule is Cc1nc2n(n1)C[C@H](NCc1csc(-c3ccc(C)o3)n1)CC2. The smallest absolute Gasteiger partial charge is 0.162 e. The monoisotopic (exact) mass is 329 g/mol. The van der Waals surface area contributed by atoms with E-state index in [-0.39, 0.29) is 0 Å². The standard InChI is InChI=1S/C16H19N5OS/c1-10-3-5-14(22-10)16-19-13(9-23-16)7-17-12-4-6-15-18-11(2)20-21(15)8-12/h3,5,9,12,17H,4,6-8H2,1-2H3/t12-/m1/s1. The molecule has 0 bridgehead atoms. The average molecular weight is 329 g/mol. The predicted octanol–water partition coefficient (Wildman–Crippen LogP) is 2.72. The van der Waals surface area contributed by atoms with Crippen LogP contribution in [0.15, 0.2) is 21.9 Å². The lowest BCUT2D eigenvalue weighted by atomic mass is 10.1. The molecule has 0 amide bonds. The van der Waals surface area contributed by atoms with Crippen molar-refractivity contribution in [3.63, 3.8) is 0 Å². The van der Waals surface area contributed by atoms with Crippen molar-refractivity contribution < 1.29 is 4.42 Å². The molecule has 0 unspecified atom stereocenters. The molecule has 4 rings (SSSR count). The van der Waals surface area contributed by atoms with Crippen molar-refractivity contribution in [2.45, 2.75) is 45.8 Å². The zero-order valence-corrected chi connectivity index (χ0v) is 14.1. The number of hydrogen-bond acceptors (Lipinski definition) is 6. The van der Waals surface area contributed by atoms with Crippen molar-refractivity contribution in [2.24, 2.45) is 0 Å². The Hall–Kier alpha value is -1.99. The van der Waals surface area contributed by atoms with E-state index in [0.717, 1.165) is 59.8 Å². The van der Waals surface area contributed by atoms with E-state index in [1.807, 2.05) is 30.7 Å². The molecule has 0 saturated heterocycles. The van der Waals surface area contributed by atoms with E-state index in [1.165, 1.54) is 0 Å². The Morgan fingerprint density at radius 2 is 2.26 bits per heavy atom. The number of nitrogens with one attached hydrogen (secondary N) is 1. The molecule has 6 nitrogen and oxygen atoms in total. The second-order valence-corrected chi connectivity index (χ2v) is 6.79. The Balaban J connectivity index is 1.37. The third-order valence-corrected chi connectivity index (χ3v) is 4.94. The maximum atomic E-state index is 5.63. The lowest BCUT2D eigenvalue weighted by Crippen LogP contribution is -2.37. The largest absolute Gasteiger partial charge is 0.459 e. The van der Waals surface area contributed by atoms with Gasteiger partial charge in [0.15, 0.2) is 10.8 Å². The van der Waals surface area contributed by atoms with Gasteiger partial charge in [-0.1, -0.05) is 0 Å². The first-order chi connectivity index (χ1) is 11.2. The molecule has 7 heteroatoms. The molecule has 120 valence electrons. The Morgan fingerprint density at radius 3 is 3.09 bits per heavy atom. The fourth-order valence-corrected chi connectivity index (χ4v) is 3.68. The Labute approximate surface area is 138 Å². The highest BCUT2D eigenvalue weighted by molar-refractivity contribution is 7.13. The quantitative estimate of drug-likeness (QED) is 0.797. The van der Waals surface area contributed by atoms with Gasteiger partial charge >= 0.3 is 0 Å². The summed E-state index contributed by atoms with van der Waals surface area (Å²) in [6.45, 7) is 5.54. The van der Waals surface area contributed by atoms with Crippen LogP contribution in [-0.4, -0.2) is 25.8 Å². The van der Waals surface area contributed by atoms with Gasteiger partial charge in [0, 0.05) is 24.4 Å². The van der Waals surface area contributed by atoms with Crippen LogP contribution in [0.4, 0.5) is 0 Å². The zero-order valence-electron chi connectivity index (χ0n) is 13.2. The van der Waals surface area contributed by atoms with Crippen molar-refractivity contribution in [2.75, 3.05) is 0 Å². The van der Waals surface area contributed by atoms with Crippen LogP contribution in [0.5, 0.6) is 0 Å². The van der Waals surface area contributed by atoms with Gasteiger partial charge in [0.2, 0.25) is 0 Å². The average Bonchev–Trinajstić information content (AvgIpc) is 3.22. The van der Waals surface area contributed by atoms with Crippen molar-refractivity contribution in [3.8, 4) is 10.8 Å². The molecule has 23 heavy (non-hydrogen) atoms. The number of fused-ring (bicyclic) bond motifs is 1. The van der Waals surface area contributed by atoms with Crippen LogP contribution in [0.1, 0.15) is 29.5 Å². The van der Waals surface area contributed by atoms with Crippen LogP contribution in [0.3, 0.4) is 0 Å². The summed E-state index contributed by atoms with van der Waals surface area (Å²) in [5, 5.41) is 11.1. The Morgan fingerprint density at radius 1 is 1.35 bits per heavy atom. The summed E-state index contributed by atoms with van der Waals surface area (Å²) < 4.78 is 7.65.